The van der Waals surface area contributed by atoms with Crippen LogP contribution in [0.5, 0.6) is 0 Å². The molecule has 1 spiro atoms. The maximum Gasteiger partial charge on any atom is 0.226 e. The number of aliphatic hydroxyl groups excluding tert-OH is 1. The van der Waals surface area contributed by atoms with Gasteiger partial charge in [-0.05, 0) is 41.7 Å². The van der Waals surface area contributed by atoms with E-state index in [4.69, 9.17) is 5.26 Å². The van der Waals surface area contributed by atoms with E-state index in [0.717, 1.165) is 29.5 Å². The van der Waals surface area contributed by atoms with E-state index in [2.05, 4.69) is 18.2 Å². The molecule has 1 N–H and O–H groups in total. The molecule has 2 aromatic rings. The van der Waals surface area contributed by atoms with Gasteiger partial charge >= 0.3 is 0 Å². The third kappa shape index (κ3) is 3.03. The number of hydrogen-bond donors (Lipinski definition) is 1. The fourth-order valence-electron chi connectivity index (χ4n) is 5.34. The van der Waals surface area contributed by atoms with Gasteiger partial charge in [-0.1, -0.05) is 36.4 Å². The first-order valence-electron chi connectivity index (χ1n) is 10.8. The number of likely N-dealkylation sites (tertiary alicyclic amines) is 2. The summed E-state index contributed by atoms with van der Waals surface area (Å²) in [6.45, 7) is 2.53. The first-order valence-corrected chi connectivity index (χ1v) is 10.8. The highest BCUT2D eigenvalue weighted by molar-refractivity contribution is 5.85. The normalized spacial score (nSPS) is 23.6. The van der Waals surface area contributed by atoms with Crippen molar-refractivity contribution in [1.29, 1.82) is 5.26 Å². The number of nitriles is 1. The Kier molecular flexibility index (Phi) is 4.60. The number of amides is 2. The second-order valence-corrected chi connectivity index (χ2v) is 9.00. The van der Waals surface area contributed by atoms with Crippen LogP contribution in [-0.4, -0.2) is 58.0 Å². The van der Waals surface area contributed by atoms with Crippen LogP contribution < -0.4 is 0 Å². The van der Waals surface area contributed by atoms with Crippen molar-refractivity contribution in [3.05, 3.63) is 59.7 Å². The summed E-state index contributed by atoms with van der Waals surface area (Å²) in [5.41, 5.74) is 3.38. The largest absolute Gasteiger partial charge is 0.394 e. The molecule has 5 rings (SSSR count). The second kappa shape index (κ2) is 7.21. The fourth-order valence-corrected chi connectivity index (χ4v) is 5.34. The molecule has 2 aromatic carbocycles. The SMILES string of the molecule is CC(=O)N1CC2(C1)[C@H](c1ccc(-c3ccc(C#N)cc3)cc1)[C@@H](CO)N2C(=O)C1CC1. The predicted molar refractivity (Wildman–Crippen MR) is 115 cm³/mol. The minimum absolute atomic E-state index is 0.00538. The molecule has 2 heterocycles. The molecule has 2 atom stereocenters. The van der Waals surface area contributed by atoms with Gasteiger partial charge in [0, 0.05) is 31.8 Å². The minimum atomic E-state index is -0.408. The highest BCUT2D eigenvalue weighted by Crippen LogP contribution is 2.55. The average Bonchev–Trinajstić information content (AvgIpc) is 3.58. The standard InChI is InChI=1S/C25H25N3O3/c1-16(30)27-14-25(15-27)23(22(13-29)28(25)24(31)21-10-11-21)20-8-6-19(7-9-20)18-4-2-17(12-26)3-5-18/h2-9,21-23,29H,10-11,13-15H2,1H3/t22-,23-/m1/s1. The lowest BCUT2D eigenvalue weighted by molar-refractivity contribution is -0.203. The van der Waals surface area contributed by atoms with Crippen molar-refractivity contribution in [2.75, 3.05) is 19.7 Å². The second-order valence-electron chi connectivity index (χ2n) is 9.00. The number of rotatable bonds is 4. The fraction of sp³-hybridized carbons (Fsp3) is 0.400. The van der Waals surface area contributed by atoms with Gasteiger partial charge in [-0.2, -0.15) is 5.26 Å². The zero-order chi connectivity index (χ0) is 21.8. The molecule has 0 radical (unpaired) electrons. The molecular formula is C25H25N3O3. The third-order valence-corrected chi connectivity index (χ3v) is 7.12. The van der Waals surface area contributed by atoms with Crippen LogP contribution in [0, 0.1) is 17.2 Å². The highest BCUT2D eigenvalue weighted by Gasteiger charge is 2.68. The molecule has 6 nitrogen and oxygen atoms in total. The van der Waals surface area contributed by atoms with E-state index < -0.39 is 5.54 Å². The van der Waals surface area contributed by atoms with Crippen molar-refractivity contribution in [3.63, 3.8) is 0 Å². The molecule has 158 valence electrons. The summed E-state index contributed by atoms with van der Waals surface area (Å²) in [4.78, 5) is 28.5. The summed E-state index contributed by atoms with van der Waals surface area (Å²) >= 11 is 0. The third-order valence-electron chi connectivity index (χ3n) is 7.12. The van der Waals surface area contributed by atoms with Crippen LogP contribution in [0.2, 0.25) is 0 Å². The molecule has 3 fully saturated rings. The molecule has 31 heavy (non-hydrogen) atoms. The van der Waals surface area contributed by atoms with Crippen molar-refractivity contribution in [2.24, 2.45) is 5.92 Å². The van der Waals surface area contributed by atoms with Crippen LogP contribution in [0.25, 0.3) is 11.1 Å². The summed E-state index contributed by atoms with van der Waals surface area (Å²) < 4.78 is 0. The Balaban J connectivity index is 1.44. The van der Waals surface area contributed by atoms with E-state index >= 15 is 0 Å². The van der Waals surface area contributed by atoms with E-state index in [-0.39, 0.29) is 36.3 Å². The molecule has 2 saturated heterocycles. The molecule has 0 aromatic heterocycles. The topological polar surface area (TPSA) is 84.6 Å². The van der Waals surface area contributed by atoms with Crippen LogP contribution >= 0.6 is 0 Å². The molecule has 1 saturated carbocycles. The van der Waals surface area contributed by atoms with Gasteiger partial charge in [0.05, 0.1) is 29.8 Å². The smallest absolute Gasteiger partial charge is 0.226 e. The van der Waals surface area contributed by atoms with Crippen molar-refractivity contribution in [3.8, 4) is 17.2 Å². The number of carbonyl (C=O) groups excluding carboxylic acids is 2. The van der Waals surface area contributed by atoms with Crippen LogP contribution in [-0.2, 0) is 9.59 Å². The van der Waals surface area contributed by atoms with E-state index in [1.807, 2.05) is 29.2 Å². The van der Waals surface area contributed by atoms with Gasteiger partial charge in [0.1, 0.15) is 0 Å². The van der Waals surface area contributed by atoms with Crippen LogP contribution in [0.15, 0.2) is 48.5 Å². The molecule has 6 heteroatoms. The summed E-state index contributed by atoms with van der Waals surface area (Å²) in [5, 5.41) is 19.1. The number of carbonyl (C=O) groups is 2. The van der Waals surface area contributed by atoms with Crippen molar-refractivity contribution in [2.45, 2.75) is 37.3 Å². The van der Waals surface area contributed by atoms with Crippen LogP contribution in [0.4, 0.5) is 0 Å². The molecular weight excluding hydrogens is 390 g/mol. The molecule has 0 bridgehead atoms. The first-order chi connectivity index (χ1) is 15.0. The van der Waals surface area contributed by atoms with Crippen LogP contribution in [0.3, 0.4) is 0 Å². The Bertz CT molecular complexity index is 1060. The van der Waals surface area contributed by atoms with Gasteiger partial charge in [0.25, 0.3) is 0 Å². The molecule has 0 unspecified atom stereocenters. The summed E-state index contributed by atoms with van der Waals surface area (Å²) in [7, 11) is 0. The molecule has 1 aliphatic carbocycles. The lowest BCUT2D eigenvalue weighted by Crippen LogP contribution is -2.86. The van der Waals surface area contributed by atoms with Gasteiger partial charge in [0.2, 0.25) is 11.8 Å². The minimum Gasteiger partial charge on any atom is -0.394 e. The maximum atomic E-state index is 13.0. The lowest BCUT2D eigenvalue weighted by Gasteiger charge is -2.70. The van der Waals surface area contributed by atoms with Gasteiger partial charge in [0.15, 0.2) is 0 Å². The first kappa shape index (κ1) is 19.8. The number of hydrogen-bond acceptors (Lipinski definition) is 4. The molecule has 2 amide bonds. The van der Waals surface area contributed by atoms with Crippen molar-refractivity contribution < 1.29 is 14.7 Å². The maximum absolute atomic E-state index is 13.0. The predicted octanol–water partition coefficient (Wildman–Crippen LogP) is 2.52. The lowest BCUT2D eigenvalue weighted by atomic mass is 9.60. The van der Waals surface area contributed by atoms with E-state index in [0.29, 0.717) is 18.7 Å². The zero-order valence-corrected chi connectivity index (χ0v) is 17.5. The number of nitrogens with zero attached hydrogens (tertiary/aromatic N) is 3. The Morgan fingerprint density at radius 1 is 1.06 bits per heavy atom. The zero-order valence-electron chi connectivity index (χ0n) is 17.5. The van der Waals surface area contributed by atoms with Gasteiger partial charge in [-0.3, -0.25) is 9.59 Å². The number of benzene rings is 2. The van der Waals surface area contributed by atoms with E-state index in [9.17, 15) is 14.7 Å². The molecule has 2 aliphatic heterocycles. The Morgan fingerprint density at radius 3 is 2.13 bits per heavy atom. The van der Waals surface area contributed by atoms with Crippen LogP contribution in [0.1, 0.15) is 36.8 Å². The summed E-state index contributed by atoms with van der Waals surface area (Å²) in [6, 6.07) is 17.6. The van der Waals surface area contributed by atoms with Gasteiger partial charge < -0.3 is 14.9 Å². The van der Waals surface area contributed by atoms with Gasteiger partial charge in [-0.25, -0.2) is 0 Å². The average molecular weight is 415 g/mol. The summed E-state index contributed by atoms with van der Waals surface area (Å²) in [5.74, 6) is 0.238. The Hall–Kier alpha value is -3.17. The van der Waals surface area contributed by atoms with Crippen molar-refractivity contribution in [1.82, 2.24) is 9.80 Å². The number of aliphatic hydroxyl groups is 1. The van der Waals surface area contributed by atoms with E-state index in [1.165, 1.54) is 0 Å². The Labute approximate surface area is 181 Å². The molecule has 3 aliphatic rings. The Morgan fingerprint density at radius 2 is 1.65 bits per heavy atom. The highest BCUT2D eigenvalue weighted by atomic mass is 16.3. The van der Waals surface area contributed by atoms with Crippen molar-refractivity contribution >= 4 is 11.8 Å². The summed E-state index contributed by atoms with van der Waals surface area (Å²) in [6.07, 6.45) is 1.84. The van der Waals surface area contributed by atoms with Gasteiger partial charge in [-0.15, -0.1) is 0 Å². The quantitative estimate of drug-likeness (QED) is 0.832. The monoisotopic (exact) mass is 415 g/mol. The van der Waals surface area contributed by atoms with E-state index in [1.54, 1.807) is 24.0 Å².